The average Bonchev–Trinajstić information content (AvgIpc) is 3.22. The molecule has 3 rings (SSSR count). The molecular formula is C24H31BF3NO5. The molecule has 1 saturated heterocycles. The molecule has 2 heterocycles. The van der Waals surface area contributed by atoms with Gasteiger partial charge in [-0.25, -0.2) is 4.79 Å². The summed E-state index contributed by atoms with van der Waals surface area (Å²) in [5, 5.41) is 0. The molecule has 0 N–H and O–H groups in total. The highest BCUT2D eigenvalue weighted by atomic mass is 19.4. The molecule has 1 aliphatic heterocycles. The van der Waals surface area contributed by atoms with Gasteiger partial charge in [0.05, 0.1) is 17.7 Å². The average molecular weight is 481 g/mol. The van der Waals surface area contributed by atoms with Crippen molar-refractivity contribution in [3.8, 4) is 0 Å². The van der Waals surface area contributed by atoms with Gasteiger partial charge in [-0.05, 0) is 71.6 Å². The van der Waals surface area contributed by atoms with Crippen molar-refractivity contribution in [2.24, 2.45) is 0 Å². The predicted molar refractivity (Wildman–Crippen MR) is 121 cm³/mol. The summed E-state index contributed by atoms with van der Waals surface area (Å²) in [6.07, 6.45) is -5.26. The Balaban J connectivity index is 1.77. The minimum absolute atomic E-state index is 0.00650. The lowest BCUT2D eigenvalue weighted by Gasteiger charge is -2.32. The summed E-state index contributed by atoms with van der Waals surface area (Å²) < 4.78 is 61.2. The lowest BCUT2D eigenvalue weighted by Crippen LogP contribution is -2.41. The van der Waals surface area contributed by atoms with E-state index in [1.165, 1.54) is 11.0 Å². The van der Waals surface area contributed by atoms with E-state index >= 15 is 0 Å². The van der Waals surface area contributed by atoms with Gasteiger partial charge < -0.3 is 18.5 Å². The second kappa shape index (κ2) is 8.96. The number of alkyl halides is 3. The van der Waals surface area contributed by atoms with E-state index in [0.29, 0.717) is 0 Å². The van der Waals surface area contributed by atoms with Crippen LogP contribution in [0.3, 0.4) is 0 Å². The lowest BCUT2D eigenvalue weighted by molar-refractivity contribution is -0.153. The van der Waals surface area contributed by atoms with Gasteiger partial charge in [0.1, 0.15) is 11.4 Å². The van der Waals surface area contributed by atoms with Gasteiger partial charge in [0.15, 0.2) is 0 Å². The third-order valence-electron chi connectivity index (χ3n) is 5.82. The van der Waals surface area contributed by atoms with Crippen LogP contribution in [0.15, 0.2) is 40.8 Å². The van der Waals surface area contributed by atoms with Crippen molar-refractivity contribution in [3.63, 3.8) is 0 Å². The third-order valence-corrected chi connectivity index (χ3v) is 5.82. The van der Waals surface area contributed by atoms with Gasteiger partial charge in [-0.15, -0.1) is 0 Å². The fourth-order valence-corrected chi connectivity index (χ4v) is 3.29. The summed E-state index contributed by atoms with van der Waals surface area (Å²) in [7, 11) is -0.523. The highest BCUT2D eigenvalue weighted by Crippen LogP contribution is 2.36. The van der Waals surface area contributed by atoms with Gasteiger partial charge in [0, 0.05) is 6.54 Å². The Morgan fingerprint density at radius 3 is 1.97 bits per heavy atom. The van der Waals surface area contributed by atoms with Crippen LogP contribution in [-0.4, -0.2) is 34.9 Å². The molecule has 1 amide bonds. The zero-order chi connectivity index (χ0) is 25.5. The summed E-state index contributed by atoms with van der Waals surface area (Å²) in [5.41, 5.74) is -0.124. The molecule has 1 aromatic carbocycles. The van der Waals surface area contributed by atoms with Gasteiger partial charge in [-0.2, -0.15) is 13.2 Å². The SMILES string of the molecule is CC(C)(C)OC(=O)N(Cc1ccc(B2OC(C)(C)C(C)(C)O2)cc1)Cc1ccc(C(F)(F)F)o1. The van der Waals surface area contributed by atoms with Crippen molar-refractivity contribution in [1.82, 2.24) is 4.90 Å². The van der Waals surface area contributed by atoms with Gasteiger partial charge in [0.2, 0.25) is 5.76 Å². The van der Waals surface area contributed by atoms with E-state index in [2.05, 4.69) is 0 Å². The van der Waals surface area contributed by atoms with Crippen LogP contribution in [0.25, 0.3) is 0 Å². The minimum atomic E-state index is -4.60. The molecule has 10 heteroatoms. The first-order valence-corrected chi connectivity index (χ1v) is 11.1. The molecule has 1 fully saturated rings. The molecular weight excluding hydrogens is 450 g/mol. The maximum Gasteiger partial charge on any atom is 0.494 e. The van der Waals surface area contributed by atoms with E-state index in [1.807, 2.05) is 52.0 Å². The summed E-state index contributed by atoms with van der Waals surface area (Å²) in [5.74, 6) is -1.11. The predicted octanol–water partition coefficient (Wildman–Crippen LogP) is 5.53. The number of halogens is 3. The van der Waals surface area contributed by atoms with Crippen LogP contribution in [0.5, 0.6) is 0 Å². The van der Waals surface area contributed by atoms with Crippen LogP contribution >= 0.6 is 0 Å². The molecule has 0 spiro atoms. The second-order valence-corrected chi connectivity index (χ2v) is 10.4. The number of hydrogen-bond acceptors (Lipinski definition) is 5. The lowest BCUT2D eigenvalue weighted by atomic mass is 9.79. The number of hydrogen-bond donors (Lipinski definition) is 0. The molecule has 1 aromatic heterocycles. The fourth-order valence-electron chi connectivity index (χ4n) is 3.29. The number of amides is 1. The zero-order valence-corrected chi connectivity index (χ0v) is 20.6. The first-order valence-electron chi connectivity index (χ1n) is 11.1. The normalized spacial score (nSPS) is 17.6. The Morgan fingerprint density at radius 2 is 1.50 bits per heavy atom. The number of carbonyl (C=O) groups is 1. The largest absolute Gasteiger partial charge is 0.494 e. The van der Waals surface area contributed by atoms with Gasteiger partial charge in [-0.1, -0.05) is 24.3 Å². The smallest absolute Gasteiger partial charge is 0.455 e. The quantitative estimate of drug-likeness (QED) is 0.526. The van der Waals surface area contributed by atoms with Crippen LogP contribution in [0.4, 0.5) is 18.0 Å². The first kappa shape index (κ1) is 26.2. The van der Waals surface area contributed by atoms with Crippen molar-refractivity contribution in [1.29, 1.82) is 0 Å². The molecule has 0 bridgehead atoms. The van der Waals surface area contributed by atoms with Crippen LogP contribution in [-0.2, 0) is 33.3 Å². The van der Waals surface area contributed by atoms with Crippen molar-refractivity contribution in [2.75, 3.05) is 0 Å². The zero-order valence-electron chi connectivity index (χ0n) is 20.6. The molecule has 0 radical (unpaired) electrons. The number of furan rings is 1. The Kier molecular flexibility index (Phi) is 6.89. The number of carbonyl (C=O) groups excluding carboxylic acids is 1. The van der Waals surface area contributed by atoms with E-state index < -0.39 is 42.0 Å². The highest BCUT2D eigenvalue weighted by Gasteiger charge is 2.51. The minimum Gasteiger partial charge on any atom is -0.455 e. The molecule has 0 aliphatic carbocycles. The number of benzene rings is 1. The van der Waals surface area contributed by atoms with Crippen LogP contribution in [0.1, 0.15) is 65.6 Å². The Labute approximate surface area is 198 Å². The monoisotopic (exact) mass is 481 g/mol. The van der Waals surface area contributed by atoms with E-state index in [0.717, 1.165) is 17.1 Å². The molecule has 2 aromatic rings. The third kappa shape index (κ3) is 6.15. The van der Waals surface area contributed by atoms with Crippen molar-refractivity contribution >= 4 is 18.7 Å². The van der Waals surface area contributed by atoms with Crippen LogP contribution in [0, 0.1) is 0 Å². The summed E-state index contributed by atoms with van der Waals surface area (Å²) in [6, 6.07) is 9.39. The van der Waals surface area contributed by atoms with Crippen molar-refractivity contribution in [2.45, 2.75) is 84.5 Å². The van der Waals surface area contributed by atoms with Gasteiger partial charge in [0.25, 0.3) is 0 Å². The molecule has 1 aliphatic rings. The molecule has 0 unspecified atom stereocenters. The van der Waals surface area contributed by atoms with Crippen molar-refractivity contribution in [3.05, 3.63) is 53.5 Å². The Hall–Kier alpha value is -2.46. The first-order chi connectivity index (χ1) is 15.5. The van der Waals surface area contributed by atoms with Crippen molar-refractivity contribution < 1.29 is 36.4 Å². The molecule has 0 saturated carbocycles. The maximum atomic E-state index is 12.9. The highest BCUT2D eigenvalue weighted by molar-refractivity contribution is 6.62. The fraction of sp³-hybridized carbons (Fsp3) is 0.542. The van der Waals surface area contributed by atoms with Gasteiger partial charge >= 0.3 is 19.4 Å². The number of rotatable bonds is 5. The van der Waals surface area contributed by atoms with Crippen LogP contribution in [0.2, 0.25) is 0 Å². The van der Waals surface area contributed by atoms with E-state index in [1.54, 1.807) is 20.8 Å². The summed E-state index contributed by atoms with van der Waals surface area (Å²) in [6.45, 7) is 13.0. The van der Waals surface area contributed by atoms with Crippen LogP contribution < -0.4 is 5.46 Å². The molecule has 186 valence electrons. The summed E-state index contributed by atoms with van der Waals surface area (Å²) in [4.78, 5) is 14.1. The van der Waals surface area contributed by atoms with E-state index in [9.17, 15) is 18.0 Å². The van der Waals surface area contributed by atoms with E-state index in [4.69, 9.17) is 18.5 Å². The maximum absolute atomic E-state index is 12.9. The van der Waals surface area contributed by atoms with E-state index in [-0.39, 0.29) is 18.8 Å². The Morgan fingerprint density at radius 1 is 0.941 bits per heavy atom. The molecule has 6 nitrogen and oxygen atoms in total. The Bertz CT molecular complexity index is 993. The molecule has 34 heavy (non-hydrogen) atoms. The number of ether oxygens (including phenoxy) is 1. The standard InChI is InChI=1S/C24H31BF3NO5/c1-21(2,3)32-20(30)29(15-18-12-13-19(31-18)24(26,27)28)14-16-8-10-17(11-9-16)25-33-22(4,5)23(6,7)34-25/h8-13H,14-15H2,1-7H3. The second-order valence-electron chi connectivity index (χ2n) is 10.4. The van der Waals surface area contributed by atoms with Gasteiger partial charge in [-0.3, -0.25) is 4.90 Å². The summed E-state index contributed by atoms with van der Waals surface area (Å²) >= 11 is 0. The number of nitrogens with zero attached hydrogens (tertiary/aromatic N) is 1. The topological polar surface area (TPSA) is 61.1 Å². The molecule has 0 atom stereocenters.